The van der Waals surface area contributed by atoms with Crippen molar-refractivity contribution in [2.24, 2.45) is 11.7 Å². The Hall–Kier alpha value is -0.930. The van der Waals surface area contributed by atoms with Gasteiger partial charge < -0.3 is 10.6 Å². The van der Waals surface area contributed by atoms with E-state index in [9.17, 15) is 13.2 Å². The number of nitrogens with zero attached hydrogens (tertiary/aromatic N) is 3. The molecule has 0 saturated carbocycles. The molecule has 0 aliphatic carbocycles. The molecule has 0 radical (unpaired) electrons. The Morgan fingerprint density at radius 3 is 2.48 bits per heavy atom. The number of hydrogen-bond acceptors (Lipinski definition) is 5. The van der Waals surface area contributed by atoms with Crippen LogP contribution in [0.5, 0.6) is 0 Å². The van der Waals surface area contributed by atoms with Crippen LogP contribution < -0.4 is 5.73 Å². The smallest absolute Gasteiger partial charge is 0.244 e. The number of sulfonamides is 1. The number of halogens is 2. The average Bonchev–Trinajstić information content (AvgIpc) is 2.55. The van der Waals surface area contributed by atoms with E-state index in [0.29, 0.717) is 19.0 Å². The van der Waals surface area contributed by atoms with Gasteiger partial charge in [-0.25, -0.2) is 8.42 Å². The molecule has 1 saturated heterocycles. The maximum atomic E-state index is 12.4. The van der Waals surface area contributed by atoms with Gasteiger partial charge in [0.05, 0.1) is 6.54 Å². The minimum absolute atomic E-state index is 0. The summed E-state index contributed by atoms with van der Waals surface area (Å²) >= 11 is 0. The molecule has 1 fully saturated rings. The van der Waals surface area contributed by atoms with Crippen LogP contribution in [0.4, 0.5) is 0 Å². The number of likely N-dealkylation sites (tertiary alicyclic amines) is 1. The van der Waals surface area contributed by atoms with Crippen LogP contribution in [0.15, 0.2) is 29.4 Å². The molecule has 0 bridgehead atoms. The summed E-state index contributed by atoms with van der Waals surface area (Å²) in [4.78, 5) is 18.0. The maximum absolute atomic E-state index is 12.4. The van der Waals surface area contributed by atoms with Crippen molar-refractivity contribution in [3.8, 4) is 0 Å². The standard InChI is InChI=1S/C15H24N4O3S.2ClH/c1-12(16)13-5-8-19(9-6-13)15(20)11-18(2)23(21,22)14-4-3-7-17-10-14;;/h3-4,7,10,12-13H,5-6,8-9,11,16H2,1-2H3;2*1H. The Morgan fingerprint density at radius 1 is 1.40 bits per heavy atom. The summed E-state index contributed by atoms with van der Waals surface area (Å²) < 4.78 is 25.9. The summed E-state index contributed by atoms with van der Waals surface area (Å²) in [5.41, 5.74) is 5.89. The fourth-order valence-electron chi connectivity index (χ4n) is 2.73. The van der Waals surface area contributed by atoms with Crippen LogP contribution in [-0.2, 0) is 14.8 Å². The molecule has 0 spiro atoms. The van der Waals surface area contributed by atoms with Gasteiger partial charge in [-0.15, -0.1) is 24.8 Å². The van der Waals surface area contributed by atoms with Crippen LogP contribution in [0.25, 0.3) is 0 Å². The van der Waals surface area contributed by atoms with Crippen LogP contribution in [0, 0.1) is 5.92 Å². The highest BCUT2D eigenvalue weighted by Gasteiger charge is 2.28. The Kier molecular flexibility index (Phi) is 9.89. The van der Waals surface area contributed by atoms with Crippen LogP contribution in [-0.4, -0.2) is 61.2 Å². The van der Waals surface area contributed by atoms with Crippen LogP contribution in [0.1, 0.15) is 19.8 Å². The highest BCUT2D eigenvalue weighted by Crippen LogP contribution is 2.20. The normalized spacial score (nSPS) is 16.7. The molecule has 0 aromatic carbocycles. The van der Waals surface area contributed by atoms with Gasteiger partial charge in [0.1, 0.15) is 4.90 Å². The monoisotopic (exact) mass is 412 g/mol. The molecule has 1 atom stereocenters. The van der Waals surface area contributed by atoms with Crippen LogP contribution >= 0.6 is 24.8 Å². The molecule has 10 heteroatoms. The average molecular weight is 413 g/mol. The van der Waals surface area contributed by atoms with E-state index in [1.165, 1.54) is 25.5 Å². The highest BCUT2D eigenvalue weighted by molar-refractivity contribution is 7.89. The van der Waals surface area contributed by atoms with Gasteiger partial charge in [-0.1, -0.05) is 0 Å². The van der Waals surface area contributed by atoms with E-state index in [1.807, 2.05) is 6.92 Å². The minimum atomic E-state index is -3.69. The van der Waals surface area contributed by atoms with Gasteiger partial charge in [0.2, 0.25) is 15.9 Å². The lowest BCUT2D eigenvalue weighted by molar-refractivity contribution is -0.132. The van der Waals surface area contributed by atoms with Crippen molar-refractivity contribution in [2.45, 2.75) is 30.7 Å². The lowest BCUT2D eigenvalue weighted by atomic mass is 9.91. The summed E-state index contributed by atoms with van der Waals surface area (Å²) in [7, 11) is -2.28. The lowest BCUT2D eigenvalue weighted by Crippen LogP contribution is -2.46. The van der Waals surface area contributed by atoms with E-state index in [1.54, 1.807) is 11.0 Å². The quantitative estimate of drug-likeness (QED) is 0.781. The third-order valence-electron chi connectivity index (χ3n) is 4.34. The number of hydrogen-bond donors (Lipinski definition) is 1. The number of pyridine rings is 1. The third-order valence-corrected chi connectivity index (χ3v) is 6.12. The molecular formula is C15H26Cl2N4O3S. The number of likely N-dealkylation sites (N-methyl/N-ethyl adjacent to an activating group) is 1. The fraction of sp³-hybridized carbons (Fsp3) is 0.600. The van der Waals surface area contributed by atoms with E-state index < -0.39 is 10.0 Å². The van der Waals surface area contributed by atoms with Gasteiger partial charge in [0, 0.05) is 38.6 Å². The summed E-state index contributed by atoms with van der Waals surface area (Å²) in [5, 5.41) is 0. The summed E-state index contributed by atoms with van der Waals surface area (Å²) in [5.74, 6) is 0.249. The lowest BCUT2D eigenvalue weighted by Gasteiger charge is -2.34. The predicted octanol–water partition coefficient (Wildman–Crippen LogP) is 1.13. The summed E-state index contributed by atoms with van der Waals surface area (Å²) in [6, 6.07) is 3.15. The van der Waals surface area contributed by atoms with Crippen LogP contribution in [0.3, 0.4) is 0 Å². The van der Waals surface area contributed by atoms with Crippen molar-refractivity contribution in [3.63, 3.8) is 0 Å². The second-order valence-corrected chi connectivity index (χ2v) is 8.07. The molecular weight excluding hydrogens is 387 g/mol. The van der Waals surface area contributed by atoms with Gasteiger partial charge >= 0.3 is 0 Å². The van der Waals surface area contributed by atoms with Crippen molar-refractivity contribution in [1.29, 1.82) is 0 Å². The first-order valence-corrected chi connectivity index (χ1v) is 9.16. The maximum Gasteiger partial charge on any atom is 0.244 e. The molecule has 25 heavy (non-hydrogen) atoms. The first-order valence-electron chi connectivity index (χ1n) is 7.72. The van der Waals surface area contributed by atoms with E-state index in [-0.39, 0.29) is 48.2 Å². The molecule has 2 N–H and O–H groups in total. The molecule has 144 valence electrons. The number of carbonyl (C=O) groups is 1. The molecule has 1 aliphatic heterocycles. The van der Waals surface area contributed by atoms with Crippen molar-refractivity contribution in [3.05, 3.63) is 24.5 Å². The predicted molar refractivity (Wildman–Crippen MR) is 102 cm³/mol. The zero-order valence-electron chi connectivity index (χ0n) is 14.4. The van der Waals surface area contributed by atoms with Gasteiger partial charge in [0.25, 0.3) is 0 Å². The zero-order chi connectivity index (χ0) is 17.0. The summed E-state index contributed by atoms with van der Waals surface area (Å²) in [6.45, 7) is 3.08. The van der Waals surface area contributed by atoms with Gasteiger partial charge in [-0.3, -0.25) is 9.78 Å². The van der Waals surface area contributed by atoms with Crippen molar-refractivity contribution in [2.75, 3.05) is 26.7 Å². The number of rotatable bonds is 5. The first-order chi connectivity index (χ1) is 10.8. The fourth-order valence-corrected chi connectivity index (χ4v) is 3.81. The molecule has 2 heterocycles. The van der Waals surface area contributed by atoms with Gasteiger partial charge in [0.15, 0.2) is 0 Å². The zero-order valence-corrected chi connectivity index (χ0v) is 16.8. The molecule has 1 aromatic rings. The van der Waals surface area contributed by atoms with Crippen molar-refractivity contribution < 1.29 is 13.2 Å². The van der Waals surface area contributed by atoms with Crippen molar-refractivity contribution >= 4 is 40.7 Å². The topological polar surface area (TPSA) is 96.6 Å². The van der Waals surface area contributed by atoms with E-state index in [4.69, 9.17) is 5.73 Å². The molecule has 1 unspecified atom stereocenters. The largest absolute Gasteiger partial charge is 0.342 e. The van der Waals surface area contributed by atoms with Gasteiger partial charge in [-0.2, -0.15) is 4.31 Å². The third kappa shape index (κ3) is 6.07. The minimum Gasteiger partial charge on any atom is -0.342 e. The first kappa shape index (κ1) is 24.1. The van der Waals surface area contributed by atoms with E-state index >= 15 is 0 Å². The number of amides is 1. The highest BCUT2D eigenvalue weighted by atomic mass is 35.5. The second kappa shape index (κ2) is 10.3. The second-order valence-electron chi connectivity index (χ2n) is 6.03. The number of piperidine rings is 1. The Bertz CT molecular complexity index is 635. The SMILES string of the molecule is CC(N)C1CCN(C(=O)CN(C)S(=O)(=O)c2cccnc2)CC1.Cl.Cl. The Labute approximate surface area is 161 Å². The Morgan fingerprint density at radius 2 is 2.00 bits per heavy atom. The van der Waals surface area contributed by atoms with Crippen molar-refractivity contribution in [1.82, 2.24) is 14.2 Å². The summed E-state index contributed by atoms with van der Waals surface area (Å²) in [6.07, 6.45) is 4.52. The number of aromatic nitrogens is 1. The number of nitrogens with two attached hydrogens (primary N) is 1. The van der Waals surface area contributed by atoms with E-state index in [0.717, 1.165) is 17.1 Å². The molecule has 7 nitrogen and oxygen atoms in total. The Balaban J connectivity index is 0.00000288. The molecule has 2 rings (SSSR count). The molecule has 1 aliphatic rings. The van der Waals surface area contributed by atoms with Gasteiger partial charge in [-0.05, 0) is 37.8 Å². The van der Waals surface area contributed by atoms with E-state index in [2.05, 4.69) is 4.98 Å². The van der Waals surface area contributed by atoms with Crippen LogP contribution in [0.2, 0.25) is 0 Å². The number of carbonyl (C=O) groups excluding carboxylic acids is 1. The molecule has 1 aromatic heterocycles. The molecule has 1 amide bonds.